The van der Waals surface area contributed by atoms with Gasteiger partial charge in [-0.1, -0.05) is 27.7 Å². The van der Waals surface area contributed by atoms with Crippen molar-refractivity contribution in [3.63, 3.8) is 0 Å². The van der Waals surface area contributed by atoms with Crippen molar-refractivity contribution in [3.05, 3.63) is 0 Å². The zero-order valence-electron chi connectivity index (χ0n) is 13.9. The molecule has 122 valence electrons. The van der Waals surface area contributed by atoms with E-state index in [9.17, 15) is 5.11 Å². The van der Waals surface area contributed by atoms with E-state index >= 15 is 0 Å². The highest BCUT2D eigenvalue weighted by Crippen LogP contribution is 1.97. The van der Waals surface area contributed by atoms with Crippen molar-refractivity contribution in [2.24, 2.45) is 0 Å². The Labute approximate surface area is 125 Å². The van der Waals surface area contributed by atoms with Crippen LogP contribution in [0.25, 0.3) is 0 Å². The minimum absolute atomic E-state index is 0.160. The van der Waals surface area contributed by atoms with Crippen LogP contribution in [0.3, 0.4) is 0 Å². The van der Waals surface area contributed by atoms with Gasteiger partial charge >= 0.3 is 0 Å². The number of likely N-dealkylation sites (N-methyl/N-ethyl adjacent to an activating group) is 2. The molecular formula is C15H35N3O2. The highest BCUT2D eigenvalue weighted by Gasteiger charge is 2.13. The summed E-state index contributed by atoms with van der Waals surface area (Å²) in [5, 5.41) is 18.7. The van der Waals surface area contributed by atoms with E-state index in [1.165, 1.54) is 0 Å². The van der Waals surface area contributed by atoms with E-state index < -0.39 is 6.10 Å². The summed E-state index contributed by atoms with van der Waals surface area (Å²) in [5.41, 5.74) is 0. The number of hydrogen-bond donors (Lipinski definition) is 2. The molecule has 0 aliphatic heterocycles. The van der Waals surface area contributed by atoms with E-state index in [-0.39, 0.29) is 6.61 Å². The molecule has 0 heterocycles. The Hall–Kier alpha value is -0.200. The number of aliphatic hydroxyl groups excluding tert-OH is 2. The normalized spacial score (nSPS) is 13.7. The van der Waals surface area contributed by atoms with Crippen LogP contribution in [-0.2, 0) is 0 Å². The molecule has 20 heavy (non-hydrogen) atoms. The predicted octanol–water partition coefficient (Wildman–Crippen LogP) is 0.325. The molecular weight excluding hydrogens is 254 g/mol. The Bertz CT molecular complexity index is 193. The largest absolute Gasteiger partial charge is 0.394 e. The van der Waals surface area contributed by atoms with Crippen LogP contribution in [0.4, 0.5) is 0 Å². The summed E-state index contributed by atoms with van der Waals surface area (Å²) in [6, 6.07) is 0. The molecule has 5 nitrogen and oxygen atoms in total. The molecule has 0 rings (SSSR count). The van der Waals surface area contributed by atoms with Crippen molar-refractivity contribution in [3.8, 4) is 0 Å². The number of nitrogens with zero attached hydrogens (tertiary/aromatic N) is 3. The number of rotatable bonds is 13. The fourth-order valence-corrected chi connectivity index (χ4v) is 2.30. The first kappa shape index (κ1) is 19.8. The van der Waals surface area contributed by atoms with E-state index in [0.29, 0.717) is 6.54 Å². The number of hydrogen-bond acceptors (Lipinski definition) is 5. The van der Waals surface area contributed by atoms with Crippen LogP contribution in [-0.4, -0.2) is 96.5 Å². The van der Waals surface area contributed by atoms with E-state index in [1.807, 2.05) is 0 Å². The molecule has 0 aromatic rings. The van der Waals surface area contributed by atoms with Gasteiger partial charge in [-0.2, -0.15) is 0 Å². The molecule has 0 aliphatic rings. The van der Waals surface area contributed by atoms with Gasteiger partial charge in [0.2, 0.25) is 0 Å². The van der Waals surface area contributed by atoms with E-state index in [2.05, 4.69) is 42.4 Å². The van der Waals surface area contributed by atoms with Crippen LogP contribution in [0, 0.1) is 0 Å². The minimum Gasteiger partial charge on any atom is -0.394 e. The van der Waals surface area contributed by atoms with Gasteiger partial charge in [-0.15, -0.1) is 0 Å². The third-order valence-electron chi connectivity index (χ3n) is 3.93. The summed E-state index contributed by atoms with van der Waals surface area (Å²) in [6.07, 6.45) is -0.636. The second-order valence-corrected chi connectivity index (χ2v) is 5.19. The summed E-state index contributed by atoms with van der Waals surface area (Å²) in [5.74, 6) is 0. The summed E-state index contributed by atoms with van der Waals surface area (Å²) in [7, 11) is 0. The fraction of sp³-hybridized carbons (Fsp3) is 1.00. The molecule has 0 saturated heterocycles. The van der Waals surface area contributed by atoms with Gasteiger partial charge in [0.1, 0.15) is 0 Å². The lowest BCUT2D eigenvalue weighted by Crippen LogP contribution is -2.43. The van der Waals surface area contributed by atoms with Gasteiger partial charge in [-0.25, -0.2) is 0 Å². The Kier molecular flexibility index (Phi) is 12.4. The van der Waals surface area contributed by atoms with Gasteiger partial charge in [0.05, 0.1) is 12.7 Å². The second-order valence-electron chi connectivity index (χ2n) is 5.19. The quantitative estimate of drug-likeness (QED) is 0.512. The topological polar surface area (TPSA) is 50.2 Å². The van der Waals surface area contributed by atoms with Gasteiger partial charge in [0.25, 0.3) is 0 Å². The maximum Gasteiger partial charge on any atom is 0.0897 e. The third kappa shape index (κ3) is 8.87. The Morgan fingerprint density at radius 3 is 1.35 bits per heavy atom. The van der Waals surface area contributed by atoms with Crippen LogP contribution < -0.4 is 0 Å². The Morgan fingerprint density at radius 2 is 1.05 bits per heavy atom. The maximum atomic E-state index is 9.67. The molecule has 0 bridgehead atoms. The van der Waals surface area contributed by atoms with Crippen molar-refractivity contribution >= 4 is 0 Å². The lowest BCUT2D eigenvalue weighted by molar-refractivity contribution is 0.0528. The van der Waals surface area contributed by atoms with Crippen LogP contribution in [0.1, 0.15) is 27.7 Å². The summed E-state index contributed by atoms with van der Waals surface area (Å²) >= 11 is 0. The molecule has 0 aliphatic carbocycles. The highest BCUT2D eigenvalue weighted by molar-refractivity contribution is 4.68. The van der Waals surface area contributed by atoms with Crippen LogP contribution >= 0.6 is 0 Å². The molecule has 2 N–H and O–H groups in total. The lowest BCUT2D eigenvalue weighted by Gasteiger charge is -2.29. The first-order valence-electron chi connectivity index (χ1n) is 8.07. The van der Waals surface area contributed by atoms with Crippen molar-refractivity contribution in [1.29, 1.82) is 0 Å². The molecule has 0 fully saturated rings. The fourth-order valence-electron chi connectivity index (χ4n) is 2.30. The summed E-state index contributed by atoms with van der Waals surface area (Å²) in [6.45, 7) is 17.2. The molecule has 5 heteroatoms. The lowest BCUT2D eigenvalue weighted by atomic mass is 10.3. The second kappa shape index (κ2) is 12.5. The molecule has 1 atom stereocenters. The van der Waals surface area contributed by atoms with Crippen LogP contribution in [0.5, 0.6) is 0 Å². The molecule has 0 spiro atoms. The molecule has 0 aromatic heterocycles. The van der Waals surface area contributed by atoms with Gasteiger partial charge in [0, 0.05) is 32.7 Å². The van der Waals surface area contributed by atoms with Gasteiger partial charge < -0.3 is 20.0 Å². The predicted molar refractivity (Wildman–Crippen MR) is 85.1 cm³/mol. The molecule has 1 unspecified atom stereocenters. The van der Waals surface area contributed by atoms with Gasteiger partial charge in [0.15, 0.2) is 0 Å². The highest BCUT2D eigenvalue weighted by atomic mass is 16.3. The van der Waals surface area contributed by atoms with Crippen molar-refractivity contribution < 1.29 is 10.2 Å². The summed E-state index contributed by atoms with van der Waals surface area (Å²) in [4.78, 5) is 7.03. The Balaban J connectivity index is 4.25. The zero-order chi connectivity index (χ0) is 15.4. The van der Waals surface area contributed by atoms with E-state index in [1.54, 1.807) is 0 Å². The van der Waals surface area contributed by atoms with E-state index in [0.717, 1.165) is 52.4 Å². The molecule has 0 amide bonds. The van der Waals surface area contributed by atoms with Gasteiger partial charge in [-0.05, 0) is 26.2 Å². The summed E-state index contributed by atoms with van der Waals surface area (Å²) < 4.78 is 0. The van der Waals surface area contributed by atoms with Gasteiger partial charge in [-0.3, -0.25) is 4.90 Å². The van der Waals surface area contributed by atoms with Crippen LogP contribution in [0.15, 0.2) is 0 Å². The third-order valence-corrected chi connectivity index (χ3v) is 3.93. The van der Waals surface area contributed by atoms with Crippen LogP contribution in [0.2, 0.25) is 0 Å². The molecule has 0 radical (unpaired) electrons. The standard InChI is InChI=1S/C15H35N3O2/c1-5-16(6-2)9-11-18(13-15(20)14-19)12-10-17(7-3)8-4/h15,19-20H,5-14H2,1-4H3. The average Bonchev–Trinajstić information content (AvgIpc) is 2.48. The SMILES string of the molecule is CCN(CC)CCN(CCN(CC)CC)CC(O)CO. The zero-order valence-corrected chi connectivity index (χ0v) is 13.9. The van der Waals surface area contributed by atoms with Crippen molar-refractivity contribution in [2.45, 2.75) is 33.8 Å². The molecule has 0 aromatic carbocycles. The molecule has 0 saturated carbocycles. The first-order valence-corrected chi connectivity index (χ1v) is 8.07. The monoisotopic (exact) mass is 289 g/mol. The average molecular weight is 289 g/mol. The van der Waals surface area contributed by atoms with E-state index in [4.69, 9.17) is 5.11 Å². The number of aliphatic hydroxyl groups is 2. The first-order chi connectivity index (χ1) is 9.60. The van der Waals surface area contributed by atoms with Crippen molar-refractivity contribution in [1.82, 2.24) is 14.7 Å². The Morgan fingerprint density at radius 1 is 0.700 bits per heavy atom. The maximum absolute atomic E-state index is 9.67. The van der Waals surface area contributed by atoms with Crippen molar-refractivity contribution in [2.75, 3.05) is 65.5 Å². The minimum atomic E-state index is -0.636. The smallest absolute Gasteiger partial charge is 0.0897 e.